The lowest BCUT2D eigenvalue weighted by molar-refractivity contribution is 0.579. The van der Waals surface area contributed by atoms with Gasteiger partial charge in [-0.15, -0.1) is 0 Å². The van der Waals surface area contributed by atoms with Crippen molar-refractivity contribution in [1.29, 1.82) is 5.41 Å². The van der Waals surface area contributed by atoms with Crippen molar-refractivity contribution in [2.24, 2.45) is 0 Å². The second-order valence-electron chi connectivity index (χ2n) is 3.77. The Morgan fingerprint density at radius 2 is 2.00 bits per heavy atom. The molecule has 1 saturated heterocycles. The number of nitrogens with one attached hydrogen (secondary N) is 1. The number of amidine groups is 1. The van der Waals surface area contributed by atoms with E-state index in [2.05, 4.69) is 0 Å². The average Bonchev–Trinajstić information content (AvgIpc) is 2.19. The van der Waals surface area contributed by atoms with Gasteiger partial charge in [-0.05, 0) is 18.9 Å². The Morgan fingerprint density at radius 1 is 1.25 bits per heavy atom. The van der Waals surface area contributed by atoms with Crippen LogP contribution in [0.3, 0.4) is 0 Å². The van der Waals surface area contributed by atoms with E-state index in [9.17, 15) is 8.78 Å². The van der Waals surface area contributed by atoms with Crippen LogP contribution in [0.2, 0.25) is 5.02 Å². The van der Waals surface area contributed by atoms with E-state index in [4.69, 9.17) is 17.0 Å². The van der Waals surface area contributed by atoms with Gasteiger partial charge in [0.2, 0.25) is 0 Å². The van der Waals surface area contributed by atoms with Gasteiger partial charge in [0.15, 0.2) is 5.82 Å². The van der Waals surface area contributed by atoms with Crippen LogP contribution >= 0.6 is 11.6 Å². The molecule has 1 aromatic rings. The second kappa shape index (κ2) is 4.37. The van der Waals surface area contributed by atoms with Gasteiger partial charge in [-0.1, -0.05) is 11.6 Å². The van der Waals surface area contributed by atoms with Crippen LogP contribution < -0.4 is 4.90 Å². The summed E-state index contributed by atoms with van der Waals surface area (Å²) in [7, 11) is 0. The molecule has 0 atom stereocenters. The van der Waals surface area contributed by atoms with Crippen LogP contribution in [0.1, 0.15) is 19.3 Å². The lowest BCUT2D eigenvalue weighted by atomic mass is 10.1. The summed E-state index contributed by atoms with van der Waals surface area (Å²) in [6.45, 7) is 0.557. The molecule has 0 saturated carbocycles. The van der Waals surface area contributed by atoms with Crippen molar-refractivity contribution in [3.8, 4) is 0 Å². The highest BCUT2D eigenvalue weighted by Crippen LogP contribution is 2.32. The summed E-state index contributed by atoms with van der Waals surface area (Å²) in [5.41, 5.74) is 0.118. The highest BCUT2D eigenvalue weighted by atomic mass is 35.5. The fraction of sp³-hybridized carbons (Fsp3) is 0.364. The molecule has 2 nitrogen and oxygen atoms in total. The summed E-state index contributed by atoms with van der Waals surface area (Å²) in [6, 6.07) is 1.87. The van der Waals surface area contributed by atoms with Gasteiger partial charge in [0, 0.05) is 19.0 Å². The molecule has 1 aliphatic rings. The quantitative estimate of drug-likeness (QED) is 0.803. The van der Waals surface area contributed by atoms with Crippen molar-refractivity contribution in [3.05, 3.63) is 28.8 Å². The lowest BCUT2D eigenvalue weighted by Gasteiger charge is -2.30. The third-order valence-corrected chi connectivity index (χ3v) is 2.91. The molecule has 0 aliphatic carbocycles. The molecule has 1 aromatic carbocycles. The fourth-order valence-electron chi connectivity index (χ4n) is 1.87. The van der Waals surface area contributed by atoms with E-state index in [1.807, 2.05) is 0 Å². The molecule has 0 unspecified atom stereocenters. The maximum atomic E-state index is 13.6. The number of halogens is 3. The molecule has 1 heterocycles. The summed E-state index contributed by atoms with van der Waals surface area (Å²) < 4.78 is 26.5. The zero-order valence-corrected chi connectivity index (χ0v) is 9.32. The van der Waals surface area contributed by atoms with E-state index in [-0.39, 0.29) is 10.7 Å². The van der Waals surface area contributed by atoms with Crippen molar-refractivity contribution >= 4 is 23.1 Å². The van der Waals surface area contributed by atoms with Crippen molar-refractivity contribution in [2.45, 2.75) is 19.3 Å². The number of anilines is 1. The van der Waals surface area contributed by atoms with E-state index in [1.165, 1.54) is 4.90 Å². The minimum Gasteiger partial charge on any atom is -0.327 e. The van der Waals surface area contributed by atoms with Crippen molar-refractivity contribution in [2.75, 3.05) is 11.4 Å². The Kier molecular flexibility index (Phi) is 3.10. The number of hydrogen-bond acceptors (Lipinski definition) is 1. The molecule has 0 spiro atoms. The Labute approximate surface area is 97.3 Å². The van der Waals surface area contributed by atoms with Gasteiger partial charge in [0.25, 0.3) is 0 Å². The maximum Gasteiger partial charge on any atom is 0.151 e. The second-order valence-corrected chi connectivity index (χ2v) is 4.18. The van der Waals surface area contributed by atoms with Gasteiger partial charge >= 0.3 is 0 Å². The third kappa shape index (κ3) is 2.02. The van der Waals surface area contributed by atoms with Gasteiger partial charge < -0.3 is 4.90 Å². The molecule has 16 heavy (non-hydrogen) atoms. The molecular weight excluding hydrogens is 234 g/mol. The monoisotopic (exact) mass is 244 g/mol. The largest absolute Gasteiger partial charge is 0.327 e. The molecular formula is C11H11ClF2N2. The molecule has 0 bridgehead atoms. The molecule has 1 fully saturated rings. The molecule has 2 rings (SSSR count). The first-order valence-electron chi connectivity index (χ1n) is 5.09. The van der Waals surface area contributed by atoms with Crippen LogP contribution in [0.25, 0.3) is 0 Å². The topological polar surface area (TPSA) is 27.1 Å². The van der Waals surface area contributed by atoms with E-state index >= 15 is 0 Å². The first-order chi connectivity index (χ1) is 7.59. The zero-order chi connectivity index (χ0) is 11.7. The van der Waals surface area contributed by atoms with Gasteiger partial charge in [0.1, 0.15) is 11.7 Å². The number of rotatable bonds is 1. The van der Waals surface area contributed by atoms with Gasteiger partial charge in [0.05, 0.1) is 10.7 Å². The fourth-order valence-corrected chi connectivity index (χ4v) is 2.17. The van der Waals surface area contributed by atoms with Crippen molar-refractivity contribution < 1.29 is 8.78 Å². The number of benzene rings is 1. The minimum atomic E-state index is -0.711. The molecule has 86 valence electrons. The minimum absolute atomic E-state index is 0.0177. The number of nitrogens with zero attached hydrogens (tertiary/aromatic N) is 1. The van der Waals surface area contributed by atoms with Crippen LogP contribution in [0.15, 0.2) is 12.1 Å². The molecule has 1 aliphatic heterocycles. The van der Waals surface area contributed by atoms with E-state index < -0.39 is 11.6 Å². The smallest absolute Gasteiger partial charge is 0.151 e. The van der Waals surface area contributed by atoms with Gasteiger partial charge in [-0.3, -0.25) is 5.41 Å². The van der Waals surface area contributed by atoms with E-state index in [1.54, 1.807) is 0 Å². The third-order valence-electron chi connectivity index (χ3n) is 2.62. The van der Waals surface area contributed by atoms with Crippen molar-refractivity contribution in [3.63, 3.8) is 0 Å². The van der Waals surface area contributed by atoms with Crippen LogP contribution in [0.4, 0.5) is 14.5 Å². The molecule has 0 radical (unpaired) electrons. The number of hydrogen-bond donors (Lipinski definition) is 1. The average molecular weight is 245 g/mol. The maximum absolute atomic E-state index is 13.6. The summed E-state index contributed by atoms with van der Waals surface area (Å²) in [5.74, 6) is -1.08. The summed E-state index contributed by atoms with van der Waals surface area (Å²) >= 11 is 5.82. The Hall–Kier alpha value is -1.16. The van der Waals surface area contributed by atoms with Crippen LogP contribution in [0.5, 0.6) is 0 Å². The SMILES string of the molecule is N=C1CCCCN1c1c(F)cc(F)cc1Cl. The Balaban J connectivity index is 2.42. The number of piperidine rings is 1. The van der Waals surface area contributed by atoms with E-state index in [0.29, 0.717) is 18.8 Å². The summed E-state index contributed by atoms with van der Waals surface area (Å²) in [6.07, 6.45) is 2.42. The normalized spacial score (nSPS) is 16.7. The zero-order valence-electron chi connectivity index (χ0n) is 8.56. The Bertz CT molecular complexity index is 411. The predicted octanol–water partition coefficient (Wildman–Crippen LogP) is 3.59. The first kappa shape index (κ1) is 11.3. The molecule has 0 aromatic heterocycles. The highest BCUT2D eigenvalue weighted by Gasteiger charge is 2.22. The van der Waals surface area contributed by atoms with Gasteiger partial charge in [-0.25, -0.2) is 8.78 Å². The molecule has 1 N–H and O–H groups in total. The first-order valence-corrected chi connectivity index (χ1v) is 5.47. The Morgan fingerprint density at radius 3 is 2.62 bits per heavy atom. The highest BCUT2D eigenvalue weighted by molar-refractivity contribution is 6.33. The predicted molar refractivity (Wildman–Crippen MR) is 60.3 cm³/mol. The van der Waals surface area contributed by atoms with Crippen molar-refractivity contribution in [1.82, 2.24) is 0 Å². The van der Waals surface area contributed by atoms with E-state index in [0.717, 1.165) is 25.0 Å². The standard InChI is InChI=1S/C11H11ClF2N2/c12-8-5-7(13)6-9(14)11(8)16-4-2-1-3-10(16)15/h5-6,15H,1-4H2. The lowest BCUT2D eigenvalue weighted by Crippen LogP contribution is -2.35. The summed E-state index contributed by atoms with van der Waals surface area (Å²) in [5, 5.41) is 7.75. The van der Waals surface area contributed by atoms with Crippen LogP contribution in [-0.4, -0.2) is 12.4 Å². The molecule has 5 heteroatoms. The van der Waals surface area contributed by atoms with Gasteiger partial charge in [-0.2, -0.15) is 0 Å². The summed E-state index contributed by atoms with van der Waals surface area (Å²) in [4.78, 5) is 1.51. The van der Waals surface area contributed by atoms with Crippen LogP contribution in [-0.2, 0) is 0 Å². The molecule has 0 amide bonds. The van der Waals surface area contributed by atoms with Crippen LogP contribution in [0, 0.1) is 17.0 Å².